The molecule has 0 spiro atoms. The molecule has 2 N–H and O–H groups in total. The number of nitrogens with zero attached hydrogens (tertiary/aromatic N) is 2. The summed E-state index contributed by atoms with van der Waals surface area (Å²) in [6, 6.07) is 7.39. The number of benzene rings is 1. The Morgan fingerprint density at radius 3 is 2.70 bits per heavy atom. The third-order valence-corrected chi connectivity index (χ3v) is 4.28. The molecular weight excluding hydrogens is 294 g/mol. The van der Waals surface area contributed by atoms with Crippen molar-refractivity contribution in [2.75, 3.05) is 13.6 Å². The first-order valence-electron chi connectivity index (χ1n) is 6.21. The summed E-state index contributed by atoms with van der Waals surface area (Å²) in [6.07, 6.45) is 0. The maximum absolute atomic E-state index is 12.2. The average Bonchev–Trinajstić information content (AvgIpc) is 2.95. The molecule has 0 bridgehead atoms. The third kappa shape index (κ3) is 3.17. The summed E-state index contributed by atoms with van der Waals surface area (Å²) >= 11 is 7.30. The summed E-state index contributed by atoms with van der Waals surface area (Å²) in [5.41, 5.74) is 6.97. The van der Waals surface area contributed by atoms with E-state index in [1.807, 2.05) is 31.2 Å². The lowest BCUT2D eigenvalue weighted by Gasteiger charge is -2.22. The SMILES string of the molecule is CC(CN)N(C)C(=O)c1csc(-c2ccc(Cl)cc2)n1. The van der Waals surface area contributed by atoms with E-state index in [4.69, 9.17) is 17.3 Å². The fraction of sp³-hybridized carbons (Fsp3) is 0.286. The second-order valence-electron chi connectivity index (χ2n) is 4.55. The number of rotatable bonds is 4. The first-order valence-corrected chi connectivity index (χ1v) is 7.47. The minimum absolute atomic E-state index is 0.0109. The highest BCUT2D eigenvalue weighted by Gasteiger charge is 2.19. The van der Waals surface area contributed by atoms with Gasteiger partial charge in [0.2, 0.25) is 0 Å². The molecule has 1 atom stereocenters. The van der Waals surface area contributed by atoms with Crippen LogP contribution in [0.5, 0.6) is 0 Å². The second-order valence-corrected chi connectivity index (χ2v) is 5.84. The van der Waals surface area contributed by atoms with Gasteiger partial charge in [-0.2, -0.15) is 0 Å². The van der Waals surface area contributed by atoms with Crippen molar-refractivity contribution >= 4 is 28.8 Å². The fourth-order valence-electron chi connectivity index (χ4n) is 1.64. The molecule has 0 aliphatic rings. The predicted octanol–water partition coefficient (Wildman–Crippen LogP) is 2.88. The Bertz CT molecular complexity index is 597. The first-order chi connectivity index (χ1) is 9.52. The van der Waals surface area contributed by atoms with Crippen LogP contribution < -0.4 is 5.73 Å². The van der Waals surface area contributed by atoms with Gasteiger partial charge in [0.25, 0.3) is 5.91 Å². The number of hydrogen-bond donors (Lipinski definition) is 1. The molecule has 2 rings (SSSR count). The zero-order chi connectivity index (χ0) is 14.7. The van der Waals surface area contributed by atoms with Crippen molar-refractivity contribution in [2.45, 2.75) is 13.0 Å². The van der Waals surface area contributed by atoms with E-state index in [1.54, 1.807) is 17.3 Å². The minimum Gasteiger partial charge on any atom is -0.336 e. The molecule has 0 saturated heterocycles. The second kappa shape index (κ2) is 6.35. The summed E-state index contributed by atoms with van der Waals surface area (Å²) in [7, 11) is 1.74. The van der Waals surface area contributed by atoms with Crippen molar-refractivity contribution in [1.82, 2.24) is 9.88 Å². The maximum atomic E-state index is 12.2. The quantitative estimate of drug-likeness (QED) is 0.944. The highest BCUT2D eigenvalue weighted by molar-refractivity contribution is 7.13. The Balaban J connectivity index is 2.20. The molecule has 1 heterocycles. The Kier molecular flexibility index (Phi) is 4.75. The number of hydrogen-bond acceptors (Lipinski definition) is 4. The van der Waals surface area contributed by atoms with Gasteiger partial charge in [-0.05, 0) is 19.1 Å². The summed E-state index contributed by atoms with van der Waals surface area (Å²) < 4.78 is 0. The van der Waals surface area contributed by atoms with E-state index < -0.39 is 0 Å². The van der Waals surface area contributed by atoms with E-state index in [-0.39, 0.29) is 11.9 Å². The first kappa shape index (κ1) is 15.0. The molecule has 106 valence electrons. The number of likely N-dealkylation sites (N-methyl/N-ethyl adjacent to an activating group) is 1. The van der Waals surface area contributed by atoms with Crippen molar-refractivity contribution in [3.05, 3.63) is 40.4 Å². The molecule has 0 saturated carbocycles. The number of halogens is 1. The van der Waals surface area contributed by atoms with Crippen LogP contribution in [0.1, 0.15) is 17.4 Å². The summed E-state index contributed by atoms with van der Waals surface area (Å²) in [6.45, 7) is 2.33. The van der Waals surface area contributed by atoms with E-state index in [2.05, 4.69) is 4.98 Å². The zero-order valence-electron chi connectivity index (χ0n) is 11.3. The average molecular weight is 310 g/mol. The van der Waals surface area contributed by atoms with Gasteiger partial charge in [-0.3, -0.25) is 4.79 Å². The number of thiazole rings is 1. The lowest BCUT2D eigenvalue weighted by atomic mass is 10.2. The topological polar surface area (TPSA) is 59.2 Å². The Hall–Kier alpha value is -1.43. The number of amides is 1. The van der Waals surface area contributed by atoms with Crippen LogP contribution in [0.25, 0.3) is 10.6 Å². The molecule has 0 aliphatic carbocycles. The van der Waals surface area contributed by atoms with E-state index in [0.29, 0.717) is 17.3 Å². The molecule has 0 fully saturated rings. The van der Waals surface area contributed by atoms with Crippen molar-refractivity contribution in [2.24, 2.45) is 5.73 Å². The normalized spacial score (nSPS) is 12.2. The molecule has 2 aromatic rings. The van der Waals surface area contributed by atoms with Gasteiger partial charge >= 0.3 is 0 Å². The molecule has 0 radical (unpaired) electrons. The van der Waals surface area contributed by atoms with Gasteiger partial charge in [0, 0.05) is 35.6 Å². The van der Waals surface area contributed by atoms with Gasteiger partial charge in [0.1, 0.15) is 10.7 Å². The predicted molar refractivity (Wildman–Crippen MR) is 83.2 cm³/mol. The van der Waals surface area contributed by atoms with Crippen LogP contribution in [0.3, 0.4) is 0 Å². The van der Waals surface area contributed by atoms with Gasteiger partial charge in [-0.25, -0.2) is 4.98 Å². The van der Waals surface area contributed by atoms with E-state index in [1.165, 1.54) is 11.3 Å². The monoisotopic (exact) mass is 309 g/mol. The molecule has 20 heavy (non-hydrogen) atoms. The lowest BCUT2D eigenvalue weighted by Crippen LogP contribution is -2.39. The van der Waals surface area contributed by atoms with Crippen molar-refractivity contribution in [3.8, 4) is 10.6 Å². The molecule has 1 aromatic heterocycles. The standard InChI is InChI=1S/C14H16ClN3OS/c1-9(7-16)18(2)14(19)12-8-20-13(17-12)10-3-5-11(15)6-4-10/h3-6,8-9H,7,16H2,1-2H3. The van der Waals surface area contributed by atoms with Crippen LogP contribution in [-0.4, -0.2) is 35.4 Å². The fourth-order valence-corrected chi connectivity index (χ4v) is 2.56. The highest BCUT2D eigenvalue weighted by Crippen LogP contribution is 2.25. The van der Waals surface area contributed by atoms with Crippen molar-refractivity contribution in [3.63, 3.8) is 0 Å². The van der Waals surface area contributed by atoms with E-state index >= 15 is 0 Å². The molecule has 1 aromatic carbocycles. The van der Waals surface area contributed by atoms with Gasteiger partial charge in [-0.15, -0.1) is 11.3 Å². The maximum Gasteiger partial charge on any atom is 0.273 e. The Labute approximate surface area is 127 Å². The highest BCUT2D eigenvalue weighted by atomic mass is 35.5. The summed E-state index contributed by atoms with van der Waals surface area (Å²) in [5.74, 6) is -0.112. The van der Waals surface area contributed by atoms with Gasteiger partial charge in [0.15, 0.2) is 0 Å². The Morgan fingerprint density at radius 2 is 2.10 bits per heavy atom. The number of carbonyl (C=O) groups is 1. The minimum atomic E-state index is -0.112. The summed E-state index contributed by atoms with van der Waals surface area (Å²) in [4.78, 5) is 18.2. The molecule has 6 heteroatoms. The van der Waals surface area contributed by atoms with Crippen LogP contribution in [-0.2, 0) is 0 Å². The number of nitrogens with two attached hydrogens (primary N) is 1. The zero-order valence-corrected chi connectivity index (χ0v) is 12.9. The van der Waals surface area contributed by atoms with Crippen LogP contribution in [0.2, 0.25) is 5.02 Å². The molecule has 1 unspecified atom stereocenters. The van der Waals surface area contributed by atoms with Crippen LogP contribution in [0.15, 0.2) is 29.6 Å². The van der Waals surface area contributed by atoms with E-state index in [0.717, 1.165) is 10.6 Å². The number of aromatic nitrogens is 1. The van der Waals surface area contributed by atoms with Gasteiger partial charge in [-0.1, -0.05) is 23.7 Å². The third-order valence-electron chi connectivity index (χ3n) is 3.14. The molecule has 0 aliphatic heterocycles. The molecule has 4 nitrogen and oxygen atoms in total. The van der Waals surface area contributed by atoms with Crippen LogP contribution >= 0.6 is 22.9 Å². The summed E-state index contributed by atoms with van der Waals surface area (Å²) in [5, 5.41) is 3.25. The van der Waals surface area contributed by atoms with Crippen LogP contribution in [0, 0.1) is 0 Å². The Morgan fingerprint density at radius 1 is 1.45 bits per heavy atom. The lowest BCUT2D eigenvalue weighted by molar-refractivity contribution is 0.0743. The van der Waals surface area contributed by atoms with Crippen LogP contribution in [0.4, 0.5) is 0 Å². The number of carbonyl (C=O) groups excluding carboxylic acids is 1. The van der Waals surface area contributed by atoms with Gasteiger partial charge in [0.05, 0.1) is 0 Å². The van der Waals surface area contributed by atoms with Crippen molar-refractivity contribution in [1.29, 1.82) is 0 Å². The van der Waals surface area contributed by atoms with E-state index in [9.17, 15) is 4.79 Å². The largest absolute Gasteiger partial charge is 0.336 e. The van der Waals surface area contributed by atoms with Gasteiger partial charge < -0.3 is 10.6 Å². The molecule has 1 amide bonds. The van der Waals surface area contributed by atoms with Crippen molar-refractivity contribution < 1.29 is 4.79 Å². The molecular formula is C14H16ClN3OS. The smallest absolute Gasteiger partial charge is 0.273 e.